The van der Waals surface area contributed by atoms with Crippen LogP contribution in [0.5, 0.6) is 0 Å². The molecule has 6 heteroatoms. The van der Waals surface area contributed by atoms with E-state index in [-0.39, 0.29) is 36.3 Å². The van der Waals surface area contributed by atoms with E-state index in [1.165, 1.54) is 23.1 Å². The van der Waals surface area contributed by atoms with E-state index in [1.807, 2.05) is 6.92 Å². The van der Waals surface area contributed by atoms with Gasteiger partial charge in [-0.1, -0.05) is 6.07 Å². The van der Waals surface area contributed by atoms with Crippen molar-refractivity contribution in [3.63, 3.8) is 0 Å². The highest BCUT2D eigenvalue weighted by Crippen LogP contribution is 2.18. The number of hydrogen-bond donors (Lipinski definition) is 1. The Balaban J connectivity index is 0.00000220. The van der Waals surface area contributed by atoms with E-state index in [0.29, 0.717) is 13.1 Å². The Morgan fingerprint density at radius 2 is 2.05 bits per heavy atom. The predicted molar refractivity (Wildman–Crippen MR) is 80.3 cm³/mol. The van der Waals surface area contributed by atoms with Gasteiger partial charge in [0.05, 0.1) is 12.5 Å². The number of benzene rings is 1. The van der Waals surface area contributed by atoms with Gasteiger partial charge in [0.1, 0.15) is 11.6 Å². The van der Waals surface area contributed by atoms with Crippen LogP contribution in [0.25, 0.3) is 0 Å². The zero-order chi connectivity index (χ0) is 14.5. The number of carbonyl (C=O) groups excluding carboxylic acids is 1. The molecule has 0 bridgehead atoms. The molecule has 1 atom stereocenters. The first kappa shape index (κ1) is 17.9. The van der Waals surface area contributed by atoms with E-state index < -0.39 is 11.6 Å². The van der Waals surface area contributed by atoms with Gasteiger partial charge in [0.2, 0.25) is 5.91 Å². The van der Waals surface area contributed by atoms with Crippen molar-refractivity contribution in [2.45, 2.75) is 26.3 Å². The summed E-state index contributed by atoms with van der Waals surface area (Å²) in [6, 6.07) is 3.77. The minimum absolute atomic E-state index is 0. The highest BCUT2D eigenvalue weighted by molar-refractivity contribution is 5.85. The second-order valence-electron chi connectivity index (χ2n) is 5.10. The van der Waals surface area contributed by atoms with Gasteiger partial charge in [-0.05, 0) is 38.4 Å². The molecule has 1 amide bonds. The zero-order valence-corrected chi connectivity index (χ0v) is 12.9. The van der Waals surface area contributed by atoms with E-state index in [9.17, 15) is 13.6 Å². The molecular formula is C15H21ClF2N2O. The van der Waals surface area contributed by atoms with Crippen LogP contribution in [-0.4, -0.2) is 30.4 Å². The van der Waals surface area contributed by atoms with Crippen LogP contribution in [0.1, 0.15) is 25.3 Å². The lowest BCUT2D eigenvalue weighted by Crippen LogP contribution is -2.42. The van der Waals surface area contributed by atoms with Gasteiger partial charge in [-0.2, -0.15) is 0 Å². The average molecular weight is 319 g/mol. The number of halogens is 3. The molecule has 1 N–H and O–H groups in total. The maximum Gasteiger partial charge on any atom is 0.227 e. The molecule has 1 aromatic carbocycles. The third-order valence-electron chi connectivity index (χ3n) is 3.75. The predicted octanol–water partition coefficient (Wildman–Crippen LogP) is 2.73. The van der Waals surface area contributed by atoms with E-state index in [2.05, 4.69) is 5.32 Å². The SMILES string of the molecule is CCN(Cc1c(F)cccc1F)C(=O)C1CCCNC1.Cl. The zero-order valence-electron chi connectivity index (χ0n) is 12.1. The molecule has 21 heavy (non-hydrogen) atoms. The van der Waals surface area contributed by atoms with Crippen LogP contribution in [0, 0.1) is 17.6 Å². The van der Waals surface area contributed by atoms with Crippen LogP contribution < -0.4 is 5.32 Å². The summed E-state index contributed by atoms with van der Waals surface area (Å²) in [5.74, 6) is -1.31. The van der Waals surface area contributed by atoms with Gasteiger partial charge < -0.3 is 10.2 Å². The summed E-state index contributed by atoms with van der Waals surface area (Å²) >= 11 is 0. The van der Waals surface area contributed by atoms with Crippen LogP contribution >= 0.6 is 12.4 Å². The normalized spacial score (nSPS) is 18.0. The van der Waals surface area contributed by atoms with E-state index in [4.69, 9.17) is 0 Å². The number of rotatable bonds is 4. The van der Waals surface area contributed by atoms with Gasteiger partial charge in [0.15, 0.2) is 0 Å². The van der Waals surface area contributed by atoms with Crippen LogP contribution in [0.2, 0.25) is 0 Å². The molecule has 0 aromatic heterocycles. The number of carbonyl (C=O) groups is 1. The lowest BCUT2D eigenvalue weighted by atomic mass is 9.98. The second kappa shape index (κ2) is 8.29. The smallest absolute Gasteiger partial charge is 0.227 e. The molecule has 1 unspecified atom stereocenters. The fourth-order valence-electron chi connectivity index (χ4n) is 2.54. The van der Waals surface area contributed by atoms with Crippen molar-refractivity contribution in [2.75, 3.05) is 19.6 Å². The van der Waals surface area contributed by atoms with Gasteiger partial charge >= 0.3 is 0 Å². The summed E-state index contributed by atoms with van der Waals surface area (Å²) in [6.45, 7) is 3.84. The van der Waals surface area contributed by atoms with Crippen molar-refractivity contribution in [3.05, 3.63) is 35.4 Å². The summed E-state index contributed by atoms with van der Waals surface area (Å²) in [6.07, 6.45) is 1.80. The molecule has 118 valence electrons. The van der Waals surface area contributed by atoms with Crippen molar-refractivity contribution >= 4 is 18.3 Å². The third-order valence-corrected chi connectivity index (χ3v) is 3.75. The summed E-state index contributed by atoms with van der Waals surface area (Å²) in [4.78, 5) is 13.9. The Morgan fingerprint density at radius 3 is 2.57 bits per heavy atom. The van der Waals surface area contributed by atoms with Crippen molar-refractivity contribution in [3.8, 4) is 0 Å². The first-order valence-electron chi connectivity index (χ1n) is 7.06. The molecule has 0 radical (unpaired) electrons. The van der Waals surface area contributed by atoms with Crippen LogP contribution in [-0.2, 0) is 11.3 Å². The summed E-state index contributed by atoms with van der Waals surface area (Å²) < 4.78 is 27.3. The molecule has 0 saturated carbocycles. The van der Waals surface area contributed by atoms with Crippen LogP contribution in [0.3, 0.4) is 0 Å². The molecular weight excluding hydrogens is 298 g/mol. The fourth-order valence-corrected chi connectivity index (χ4v) is 2.54. The quantitative estimate of drug-likeness (QED) is 0.926. The maximum absolute atomic E-state index is 13.7. The molecule has 3 nitrogen and oxygen atoms in total. The van der Waals surface area contributed by atoms with Gasteiger partial charge in [-0.15, -0.1) is 12.4 Å². The topological polar surface area (TPSA) is 32.3 Å². The molecule has 1 aliphatic heterocycles. The summed E-state index contributed by atoms with van der Waals surface area (Å²) in [5, 5.41) is 3.19. The van der Waals surface area contributed by atoms with E-state index in [1.54, 1.807) is 0 Å². The first-order chi connectivity index (χ1) is 9.63. The minimum Gasteiger partial charge on any atom is -0.338 e. The van der Waals surface area contributed by atoms with Crippen molar-refractivity contribution in [1.82, 2.24) is 10.2 Å². The Labute approximate surface area is 130 Å². The first-order valence-corrected chi connectivity index (χ1v) is 7.06. The molecule has 0 spiro atoms. The second-order valence-corrected chi connectivity index (χ2v) is 5.10. The Kier molecular flexibility index (Phi) is 7.05. The average Bonchev–Trinajstić information content (AvgIpc) is 2.47. The Morgan fingerprint density at radius 1 is 1.38 bits per heavy atom. The molecule has 1 saturated heterocycles. The highest BCUT2D eigenvalue weighted by Gasteiger charge is 2.26. The summed E-state index contributed by atoms with van der Waals surface area (Å²) in [7, 11) is 0. The molecule has 1 heterocycles. The fraction of sp³-hybridized carbons (Fsp3) is 0.533. The molecule has 0 aliphatic carbocycles. The Hall–Kier alpha value is -1.20. The monoisotopic (exact) mass is 318 g/mol. The van der Waals surface area contributed by atoms with Crippen molar-refractivity contribution < 1.29 is 13.6 Å². The van der Waals surface area contributed by atoms with E-state index in [0.717, 1.165) is 19.4 Å². The van der Waals surface area contributed by atoms with Crippen molar-refractivity contribution in [1.29, 1.82) is 0 Å². The van der Waals surface area contributed by atoms with Gasteiger partial charge in [0, 0.05) is 18.7 Å². The van der Waals surface area contributed by atoms with E-state index >= 15 is 0 Å². The maximum atomic E-state index is 13.7. The van der Waals surface area contributed by atoms with Gasteiger partial charge in [-0.25, -0.2) is 8.78 Å². The summed E-state index contributed by atoms with van der Waals surface area (Å²) in [5.41, 5.74) is -0.0357. The lowest BCUT2D eigenvalue weighted by molar-refractivity contribution is -0.136. The Bertz CT molecular complexity index is 458. The van der Waals surface area contributed by atoms with Crippen LogP contribution in [0.15, 0.2) is 18.2 Å². The lowest BCUT2D eigenvalue weighted by Gasteiger charge is -2.29. The number of nitrogens with zero attached hydrogens (tertiary/aromatic N) is 1. The van der Waals surface area contributed by atoms with Crippen molar-refractivity contribution in [2.24, 2.45) is 5.92 Å². The molecule has 1 fully saturated rings. The molecule has 2 rings (SSSR count). The largest absolute Gasteiger partial charge is 0.338 e. The van der Waals surface area contributed by atoms with Gasteiger partial charge in [0.25, 0.3) is 0 Å². The molecule has 1 aromatic rings. The third kappa shape index (κ3) is 4.38. The number of amides is 1. The number of hydrogen-bond acceptors (Lipinski definition) is 2. The standard InChI is InChI=1S/C15H20F2N2O.ClH/c1-2-19(15(20)11-5-4-8-18-9-11)10-12-13(16)6-3-7-14(12)17;/h3,6-7,11,18H,2,4-5,8-10H2,1H3;1H. The minimum atomic E-state index is -0.599. The number of nitrogens with one attached hydrogen (secondary N) is 1. The highest BCUT2D eigenvalue weighted by atomic mass is 35.5. The van der Waals surface area contributed by atoms with Gasteiger partial charge in [-0.3, -0.25) is 4.79 Å². The molecule has 1 aliphatic rings. The van der Waals surface area contributed by atoms with Crippen LogP contribution in [0.4, 0.5) is 8.78 Å². The number of piperidine rings is 1.